The molecule has 10 nitrogen and oxygen atoms in total. The lowest BCUT2D eigenvalue weighted by molar-refractivity contribution is 0.0383. The maximum absolute atomic E-state index is 13.1. The summed E-state index contributed by atoms with van der Waals surface area (Å²) >= 11 is 0. The summed E-state index contributed by atoms with van der Waals surface area (Å²) in [5.41, 5.74) is 3.93. The normalized spacial score (nSPS) is 13.6. The Balaban J connectivity index is 1.14. The standard InChI is InChI=1S/C33H35FN6O4/c1-38-22-28(19-29(38)32(42)35-13-14-40-15-17-44-18-16-40)37-33(43)30-20-27(21-39(30)2)36-31(41)25-9-5-23(6-10-25)3-4-24-7-11-26(34)12-8-24/h3-12,19-22H,13-18H2,1-2H3,(H,35,42)(H,36,41)(H,37,43)/b4-3+. The van der Waals surface area contributed by atoms with Gasteiger partial charge in [0.25, 0.3) is 17.7 Å². The van der Waals surface area contributed by atoms with Gasteiger partial charge in [-0.05, 0) is 47.5 Å². The molecule has 3 N–H and O–H groups in total. The van der Waals surface area contributed by atoms with Crippen molar-refractivity contribution in [1.29, 1.82) is 0 Å². The van der Waals surface area contributed by atoms with Crippen molar-refractivity contribution in [1.82, 2.24) is 19.4 Å². The maximum atomic E-state index is 13.1. The fourth-order valence-corrected chi connectivity index (χ4v) is 4.87. The molecule has 0 aliphatic carbocycles. The molecule has 3 amide bonds. The van der Waals surface area contributed by atoms with Crippen molar-refractivity contribution in [2.45, 2.75) is 0 Å². The molecular formula is C33H35FN6O4. The number of hydrogen-bond donors (Lipinski definition) is 3. The lowest BCUT2D eigenvalue weighted by atomic mass is 10.1. The van der Waals surface area contributed by atoms with Crippen LogP contribution in [-0.4, -0.2) is 71.1 Å². The predicted octanol–water partition coefficient (Wildman–Crippen LogP) is 4.24. The molecule has 5 rings (SSSR count). The van der Waals surface area contributed by atoms with Crippen molar-refractivity contribution in [3.05, 3.63) is 107 Å². The first-order chi connectivity index (χ1) is 21.2. The van der Waals surface area contributed by atoms with Crippen LogP contribution >= 0.6 is 0 Å². The summed E-state index contributed by atoms with van der Waals surface area (Å²) in [6.45, 7) is 4.38. The number of aromatic nitrogens is 2. The zero-order valence-corrected chi connectivity index (χ0v) is 24.7. The van der Waals surface area contributed by atoms with Crippen molar-refractivity contribution >= 4 is 41.2 Å². The van der Waals surface area contributed by atoms with Crippen molar-refractivity contribution in [2.75, 3.05) is 50.0 Å². The first-order valence-electron chi connectivity index (χ1n) is 14.3. The van der Waals surface area contributed by atoms with Crippen LogP contribution in [0.5, 0.6) is 0 Å². The fourth-order valence-electron chi connectivity index (χ4n) is 4.87. The molecule has 0 atom stereocenters. The summed E-state index contributed by atoms with van der Waals surface area (Å²) in [6, 6.07) is 16.5. The molecule has 1 aliphatic heterocycles. The lowest BCUT2D eigenvalue weighted by Gasteiger charge is -2.26. The monoisotopic (exact) mass is 598 g/mol. The highest BCUT2D eigenvalue weighted by atomic mass is 19.1. The molecular weight excluding hydrogens is 563 g/mol. The summed E-state index contributed by atoms with van der Waals surface area (Å²) in [5.74, 6) is -1.20. The van der Waals surface area contributed by atoms with Gasteiger partial charge in [-0.1, -0.05) is 36.4 Å². The van der Waals surface area contributed by atoms with E-state index in [2.05, 4.69) is 20.9 Å². The van der Waals surface area contributed by atoms with Gasteiger partial charge in [-0.15, -0.1) is 0 Å². The molecule has 0 spiro atoms. The zero-order chi connectivity index (χ0) is 31.1. The highest BCUT2D eigenvalue weighted by molar-refractivity contribution is 6.07. The van der Waals surface area contributed by atoms with Gasteiger partial charge in [0.2, 0.25) is 0 Å². The zero-order valence-electron chi connectivity index (χ0n) is 24.7. The predicted molar refractivity (Wildman–Crippen MR) is 168 cm³/mol. The van der Waals surface area contributed by atoms with Crippen LogP contribution in [-0.2, 0) is 18.8 Å². The highest BCUT2D eigenvalue weighted by Crippen LogP contribution is 2.19. The minimum Gasteiger partial charge on any atom is -0.379 e. The number of halogens is 1. The summed E-state index contributed by atoms with van der Waals surface area (Å²) < 4.78 is 21.7. The largest absolute Gasteiger partial charge is 0.379 e. The van der Waals surface area contributed by atoms with E-state index < -0.39 is 0 Å². The number of nitrogens with zero attached hydrogens (tertiary/aromatic N) is 3. The van der Waals surface area contributed by atoms with Crippen LogP contribution in [0.4, 0.5) is 15.8 Å². The Morgan fingerprint density at radius 1 is 0.773 bits per heavy atom. The number of hydrogen-bond acceptors (Lipinski definition) is 5. The van der Waals surface area contributed by atoms with E-state index in [1.54, 1.807) is 72.0 Å². The van der Waals surface area contributed by atoms with Crippen LogP contribution in [0.3, 0.4) is 0 Å². The molecule has 1 saturated heterocycles. The summed E-state index contributed by atoms with van der Waals surface area (Å²) in [4.78, 5) is 40.9. The first kappa shape index (κ1) is 30.5. The molecule has 2 aromatic heterocycles. The Hall–Kier alpha value is -5.00. The van der Waals surface area contributed by atoms with Crippen molar-refractivity contribution in [3.8, 4) is 0 Å². The summed E-state index contributed by atoms with van der Waals surface area (Å²) in [6.07, 6.45) is 7.08. The Bertz CT molecular complexity index is 1650. The van der Waals surface area contributed by atoms with E-state index >= 15 is 0 Å². The molecule has 1 aliphatic rings. The van der Waals surface area contributed by atoms with Gasteiger partial charge in [-0.3, -0.25) is 19.3 Å². The number of carbonyl (C=O) groups is 3. The number of anilines is 2. The Labute approximate surface area is 255 Å². The van der Waals surface area contributed by atoms with Crippen molar-refractivity contribution < 1.29 is 23.5 Å². The number of benzene rings is 2. The molecule has 3 heterocycles. The van der Waals surface area contributed by atoms with Gasteiger partial charge in [-0.2, -0.15) is 0 Å². The number of amides is 3. The average Bonchev–Trinajstić information content (AvgIpc) is 3.58. The number of nitrogens with one attached hydrogen (secondary N) is 3. The number of carbonyl (C=O) groups excluding carboxylic acids is 3. The third kappa shape index (κ3) is 7.88. The molecule has 1 fully saturated rings. The van der Waals surface area contributed by atoms with Gasteiger partial charge >= 0.3 is 0 Å². The summed E-state index contributed by atoms with van der Waals surface area (Å²) in [7, 11) is 3.46. The quantitative estimate of drug-likeness (QED) is 0.237. The molecule has 0 radical (unpaired) electrons. The molecule has 44 heavy (non-hydrogen) atoms. The molecule has 0 unspecified atom stereocenters. The van der Waals surface area contributed by atoms with E-state index in [0.29, 0.717) is 48.1 Å². The van der Waals surface area contributed by atoms with Crippen LogP contribution in [0, 0.1) is 5.82 Å². The smallest absolute Gasteiger partial charge is 0.272 e. The second-order valence-electron chi connectivity index (χ2n) is 10.6. The second-order valence-corrected chi connectivity index (χ2v) is 10.6. The molecule has 0 saturated carbocycles. The molecule has 228 valence electrons. The van der Waals surface area contributed by atoms with Gasteiger partial charge in [-0.25, -0.2) is 4.39 Å². The molecule has 4 aromatic rings. The molecule has 11 heteroatoms. The second kappa shape index (κ2) is 14.0. The Morgan fingerprint density at radius 2 is 1.30 bits per heavy atom. The highest BCUT2D eigenvalue weighted by Gasteiger charge is 2.18. The van der Waals surface area contributed by atoms with Crippen LogP contribution < -0.4 is 16.0 Å². The Morgan fingerprint density at radius 3 is 1.89 bits per heavy atom. The van der Waals surface area contributed by atoms with Gasteiger partial charge < -0.3 is 29.8 Å². The van der Waals surface area contributed by atoms with E-state index in [9.17, 15) is 18.8 Å². The SMILES string of the molecule is Cn1cc(NC(=O)c2cc(NC(=O)c3ccc(/C=C/c4ccc(F)cc4)cc3)cn2C)cc1C(=O)NCCN1CCOCC1. The van der Waals surface area contributed by atoms with Crippen molar-refractivity contribution in [2.24, 2.45) is 14.1 Å². The minimum atomic E-state index is -0.379. The van der Waals surface area contributed by atoms with Crippen LogP contribution in [0.15, 0.2) is 73.1 Å². The number of rotatable bonds is 10. The van der Waals surface area contributed by atoms with Crippen molar-refractivity contribution in [3.63, 3.8) is 0 Å². The maximum Gasteiger partial charge on any atom is 0.272 e. The first-order valence-corrected chi connectivity index (χ1v) is 14.3. The fraction of sp³-hybridized carbons (Fsp3) is 0.242. The number of ether oxygens (including phenoxy) is 1. The van der Waals surface area contributed by atoms with E-state index in [1.807, 2.05) is 24.3 Å². The van der Waals surface area contributed by atoms with E-state index in [-0.39, 0.29) is 23.5 Å². The number of aryl methyl sites for hydroxylation is 2. The molecule has 0 bridgehead atoms. The third-order valence-electron chi connectivity index (χ3n) is 7.32. The van der Waals surface area contributed by atoms with E-state index in [0.717, 1.165) is 30.8 Å². The molecule has 2 aromatic carbocycles. The van der Waals surface area contributed by atoms with Gasteiger partial charge in [0.05, 0.1) is 24.6 Å². The van der Waals surface area contributed by atoms with Crippen LogP contribution in [0.1, 0.15) is 42.5 Å². The van der Waals surface area contributed by atoms with Crippen LogP contribution in [0.25, 0.3) is 12.2 Å². The number of morpholine rings is 1. The third-order valence-corrected chi connectivity index (χ3v) is 7.32. The van der Waals surface area contributed by atoms with Gasteiger partial charge in [0.1, 0.15) is 17.2 Å². The van der Waals surface area contributed by atoms with Crippen LogP contribution in [0.2, 0.25) is 0 Å². The van der Waals surface area contributed by atoms with E-state index in [4.69, 9.17) is 4.74 Å². The van der Waals surface area contributed by atoms with Gasteiger partial charge in [0.15, 0.2) is 0 Å². The Kier molecular flexibility index (Phi) is 9.68. The van der Waals surface area contributed by atoms with E-state index in [1.165, 1.54) is 12.1 Å². The summed E-state index contributed by atoms with van der Waals surface area (Å²) in [5, 5.41) is 8.60. The van der Waals surface area contributed by atoms with Gasteiger partial charge in [0, 0.05) is 58.2 Å². The minimum absolute atomic E-state index is 0.220. The lowest BCUT2D eigenvalue weighted by Crippen LogP contribution is -2.41. The topological polar surface area (TPSA) is 110 Å². The average molecular weight is 599 g/mol.